The van der Waals surface area contributed by atoms with Crippen molar-refractivity contribution in [3.63, 3.8) is 0 Å². The number of amidine groups is 1. The largest absolute Gasteiger partial charge is 0.409 e. The van der Waals surface area contributed by atoms with Crippen molar-refractivity contribution in [2.45, 2.75) is 32.1 Å². The van der Waals surface area contributed by atoms with Gasteiger partial charge in [-0.15, -0.1) is 0 Å². The second-order valence-corrected chi connectivity index (χ2v) is 5.34. The van der Waals surface area contributed by atoms with Crippen molar-refractivity contribution in [2.24, 2.45) is 22.2 Å². The molecule has 0 aromatic carbocycles. The zero-order chi connectivity index (χ0) is 12.1. The molecule has 0 spiro atoms. The van der Waals surface area contributed by atoms with Crippen LogP contribution in [-0.4, -0.2) is 37.5 Å². The third-order valence-electron chi connectivity index (χ3n) is 3.74. The summed E-state index contributed by atoms with van der Waals surface area (Å²) in [4.78, 5) is 0. The third-order valence-corrected chi connectivity index (χ3v) is 3.74. The monoisotopic (exact) mass is 242 g/mol. The van der Waals surface area contributed by atoms with Crippen LogP contribution >= 0.6 is 0 Å². The minimum Gasteiger partial charge on any atom is -0.409 e. The molecule has 0 aromatic heterocycles. The molecule has 0 unspecified atom stereocenters. The molecule has 1 aliphatic carbocycles. The number of hydrogen-bond acceptors (Lipinski definition) is 4. The van der Waals surface area contributed by atoms with Crippen LogP contribution in [0, 0.1) is 11.3 Å². The summed E-state index contributed by atoms with van der Waals surface area (Å²) in [5, 5.41) is 11.6. The number of ether oxygens (including phenoxy) is 2. The van der Waals surface area contributed by atoms with Crippen molar-refractivity contribution in [1.82, 2.24) is 0 Å². The molecule has 1 saturated heterocycles. The van der Waals surface area contributed by atoms with E-state index in [2.05, 4.69) is 5.16 Å². The van der Waals surface area contributed by atoms with Crippen molar-refractivity contribution < 1.29 is 14.7 Å². The number of nitrogens with zero attached hydrogens (tertiary/aromatic N) is 1. The lowest BCUT2D eigenvalue weighted by molar-refractivity contribution is 0.00890. The summed E-state index contributed by atoms with van der Waals surface area (Å²) in [6.07, 6.45) is 5.10. The van der Waals surface area contributed by atoms with E-state index in [9.17, 15) is 0 Å². The average molecular weight is 242 g/mol. The maximum absolute atomic E-state index is 8.56. The zero-order valence-electron chi connectivity index (χ0n) is 10.2. The van der Waals surface area contributed by atoms with Gasteiger partial charge in [-0.25, -0.2) is 0 Å². The lowest BCUT2D eigenvalue weighted by Gasteiger charge is -2.23. The van der Waals surface area contributed by atoms with Crippen LogP contribution in [0.5, 0.6) is 0 Å². The molecule has 2 fully saturated rings. The van der Waals surface area contributed by atoms with Gasteiger partial charge in [0.15, 0.2) is 0 Å². The standard InChI is InChI=1S/C12H22N2O3/c13-11(14-15)7-12(3-4-12)9-17-8-10-1-5-16-6-2-10/h10,15H,1-9H2,(H2,13,14). The summed E-state index contributed by atoms with van der Waals surface area (Å²) < 4.78 is 11.1. The predicted octanol–water partition coefficient (Wildman–Crippen LogP) is 1.35. The van der Waals surface area contributed by atoms with E-state index in [4.69, 9.17) is 20.4 Å². The molecule has 5 heteroatoms. The highest BCUT2D eigenvalue weighted by atomic mass is 16.5. The van der Waals surface area contributed by atoms with Gasteiger partial charge >= 0.3 is 0 Å². The predicted molar refractivity (Wildman–Crippen MR) is 64.1 cm³/mol. The molecular weight excluding hydrogens is 220 g/mol. The van der Waals surface area contributed by atoms with E-state index in [1.54, 1.807) is 0 Å². The zero-order valence-corrected chi connectivity index (χ0v) is 10.2. The van der Waals surface area contributed by atoms with Gasteiger partial charge in [-0.2, -0.15) is 0 Å². The minimum atomic E-state index is 0.154. The SMILES string of the molecule is NC(CC1(COCC2CCOCC2)CC1)=NO. The minimum absolute atomic E-state index is 0.154. The highest BCUT2D eigenvalue weighted by Crippen LogP contribution is 2.49. The Morgan fingerprint density at radius 2 is 2.12 bits per heavy atom. The molecule has 2 rings (SSSR count). The van der Waals surface area contributed by atoms with Crippen molar-refractivity contribution in [2.75, 3.05) is 26.4 Å². The van der Waals surface area contributed by atoms with Crippen LogP contribution in [0.15, 0.2) is 5.16 Å². The Hall–Kier alpha value is -0.810. The van der Waals surface area contributed by atoms with Crippen LogP contribution in [0.1, 0.15) is 32.1 Å². The van der Waals surface area contributed by atoms with Gasteiger partial charge in [0, 0.05) is 31.7 Å². The van der Waals surface area contributed by atoms with E-state index in [1.165, 1.54) is 0 Å². The summed E-state index contributed by atoms with van der Waals surface area (Å²) in [5.74, 6) is 0.959. The third kappa shape index (κ3) is 3.85. The fourth-order valence-corrected chi connectivity index (χ4v) is 2.32. The van der Waals surface area contributed by atoms with E-state index in [1.807, 2.05) is 0 Å². The topological polar surface area (TPSA) is 77.1 Å². The van der Waals surface area contributed by atoms with Gasteiger partial charge in [-0.05, 0) is 31.6 Å². The van der Waals surface area contributed by atoms with Crippen LogP contribution in [-0.2, 0) is 9.47 Å². The lowest BCUT2D eigenvalue weighted by atomic mass is 10.0. The van der Waals surface area contributed by atoms with Gasteiger partial charge in [0.25, 0.3) is 0 Å². The molecular formula is C12H22N2O3. The molecule has 5 nitrogen and oxygen atoms in total. The molecule has 0 amide bonds. The fraction of sp³-hybridized carbons (Fsp3) is 0.917. The van der Waals surface area contributed by atoms with E-state index in [-0.39, 0.29) is 5.41 Å². The Morgan fingerprint density at radius 1 is 1.41 bits per heavy atom. The van der Waals surface area contributed by atoms with Crippen LogP contribution in [0.4, 0.5) is 0 Å². The summed E-state index contributed by atoms with van der Waals surface area (Å²) in [6.45, 7) is 3.29. The molecule has 1 aliphatic heterocycles. The summed E-state index contributed by atoms with van der Waals surface area (Å²) in [7, 11) is 0. The molecule has 1 heterocycles. The van der Waals surface area contributed by atoms with Crippen molar-refractivity contribution in [3.8, 4) is 0 Å². The Morgan fingerprint density at radius 3 is 2.71 bits per heavy atom. The second-order valence-electron chi connectivity index (χ2n) is 5.34. The van der Waals surface area contributed by atoms with E-state index < -0.39 is 0 Å². The molecule has 1 saturated carbocycles. The maximum atomic E-state index is 8.56. The van der Waals surface area contributed by atoms with Gasteiger partial charge in [0.1, 0.15) is 5.84 Å². The molecule has 0 aromatic rings. The highest BCUT2D eigenvalue weighted by Gasteiger charge is 2.43. The molecule has 98 valence electrons. The van der Waals surface area contributed by atoms with E-state index >= 15 is 0 Å². The first-order chi connectivity index (χ1) is 8.24. The van der Waals surface area contributed by atoms with Crippen LogP contribution in [0.25, 0.3) is 0 Å². The van der Waals surface area contributed by atoms with Gasteiger partial charge in [-0.1, -0.05) is 5.16 Å². The summed E-state index contributed by atoms with van der Waals surface area (Å²) >= 11 is 0. The Labute approximate surface area is 102 Å². The van der Waals surface area contributed by atoms with E-state index in [0.717, 1.165) is 52.1 Å². The van der Waals surface area contributed by atoms with Crippen molar-refractivity contribution in [3.05, 3.63) is 0 Å². The highest BCUT2D eigenvalue weighted by molar-refractivity contribution is 5.80. The number of oxime groups is 1. The molecule has 17 heavy (non-hydrogen) atoms. The molecule has 0 atom stereocenters. The normalized spacial score (nSPS) is 24.8. The van der Waals surface area contributed by atoms with Gasteiger partial charge in [0.05, 0.1) is 6.61 Å². The summed E-state index contributed by atoms with van der Waals surface area (Å²) in [6, 6.07) is 0. The molecule has 3 N–H and O–H groups in total. The lowest BCUT2D eigenvalue weighted by Crippen LogP contribution is -2.24. The fourth-order valence-electron chi connectivity index (χ4n) is 2.32. The first-order valence-electron chi connectivity index (χ1n) is 6.36. The van der Waals surface area contributed by atoms with Gasteiger partial charge in [-0.3, -0.25) is 0 Å². The van der Waals surface area contributed by atoms with Gasteiger partial charge in [0.2, 0.25) is 0 Å². The van der Waals surface area contributed by atoms with Crippen LogP contribution < -0.4 is 5.73 Å². The molecule has 0 bridgehead atoms. The summed E-state index contributed by atoms with van der Waals surface area (Å²) in [5.41, 5.74) is 5.70. The number of rotatable bonds is 6. The van der Waals surface area contributed by atoms with Crippen LogP contribution in [0.3, 0.4) is 0 Å². The first kappa shape index (κ1) is 12.6. The van der Waals surface area contributed by atoms with Crippen molar-refractivity contribution >= 4 is 5.84 Å². The smallest absolute Gasteiger partial charge is 0.139 e. The molecule has 2 aliphatic rings. The number of hydrogen-bond donors (Lipinski definition) is 2. The van der Waals surface area contributed by atoms with E-state index in [0.29, 0.717) is 18.2 Å². The number of nitrogens with two attached hydrogens (primary N) is 1. The first-order valence-corrected chi connectivity index (χ1v) is 6.36. The molecule has 0 radical (unpaired) electrons. The average Bonchev–Trinajstić information content (AvgIpc) is 3.10. The Balaban J connectivity index is 1.64. The maximum Gasteiger partial charge on any atom is 0.139 e. The second kappa shape index (κ2) is 5.69. The van der Waals surface area contributed by atoms with Crippen molar-refractivity contribution in [1.29, 1.82) is 0 Å². The Bertz CT molecular complexity index is 271. The van der Waals surface area contributed by atoms with Gasteiger partial charge < -0.3 is 20.4 Å². The quantitative estimate of drug-likeness (QED) is 0.319. The Kier molecular flexibility index (Phi) is 4.23. The van der Waals surface area contributed by atoms with Crippen LogP contribution in [0.2, 0.25) is 0 Å².